The predicted octanol–water partition coefficient (Wildman–Crippen LogP) is 7.27. The van der Waals surface area contributed by atoms with Gasteiger partial charge < -0.3 is 0 Å². The number of benzene rings is 2. The molecule has 2 aromatic carbocycles. The van der Waals surface area contributed by atoms with Gasteiger partial charge >= 0.3 is 0 Å². The van der Waals surface area contributed by atoms with Crippen LogP contribution in [0.1, 0.15) is 49.7 Å². The summed E-state index contributed by atoms with van der Waals surface area (Å²) in [5.41, 5.74) is 6.57. The zero-order chi connectivity index (χ0) is 22.6. The van der Waals surface area contributed by atoms with Crippen LogP contribution in [-0.2, 0) is 5.41 Å². The molecule has 0 aliphatic carbocycles. The van der Waals surface area contributed by atoms with Crippen LogP contribution in [0.3, 0.4) is 0 Å². The van der Waals surface area contributed by atoms with Crippen LogP contribution in [-0.4, -0.2) is 15.0 Å². The zero-order valence-corrected chi connectivity index (χ0v) is 19.2. The fourth-order valence-electron chi connectivity index (χ4n) is 3.45. The van der Waals surface area contributed by atoms with E-state index in [1.807, 2.05) is 6.08 Å². The van der Waals surface area contributed by atoms with Crippen LogP contribution in [0.25, 0.3) is 28.3 Å². The van der Waals surface area contributed by atoms with Crippen LogP contribution in [0, 0.1) is 13.8 Å². The van der Waals surface area contributed by atoms with Crippen molar-refractivity contribution in [2.75, 3.05) is 0 Å². The van der Waals surface area contributed by atoms with Crippen molar-refractivity contribution >= 4 is 5.57 Å². The maximum Gasteiger partial charge on any atom is 0.164 e. The molecule has 0 aliphatic heterocycles. The summed E-state index contributed by atoms with van der Waals surface area (Å²) < 4.78 is 0. The molecule has 158 valence electrons. The second kappa shape index (κ2) is 9.22. The summed E-state index contributed by atoms with van der Waals surface area (Å²) in [5, 5.41) is 0. The molecule has 0 saturated carbocycles. The third kappa shape index (κ3) is 4.88. The zero-order valence-electron chi connectivity index (χ0n) is 19.2. The molecule has 1 heterocycles. The summed E-state index contributed by atoms with van der Waals surface area (Å²) in [6.07, 6.45) is 6.41. The second-order valence-electron chi connectivity index (χ2n) is 8.50. The van der Waals surface area contributed by atoms with Crippen LogP contribution < -0.4 is 0 Å². The summed E-state index contributed by atoms with van der Waals surface area (Å²) in [4.78, 5) is 14.4. The van der Waals surface area contributed by atoms with Crippen LogP contribution in [0.2, 0.25) is 0 Å². The molecule has 1 aromatic heterocycles. The third-order valence-electron chi connectivity index (χ3n) is 5.84. The molecular weight excluding hydrogens is 378 g/mol. The molecule has 0 fully saturated rings. The Hall–Kier alpha value is -3.33. The second-order valence-corrected chi connectivity index (χ2v) is 8.50. The Morgan fingerprint density at radius 2 is 1.61 bits per heavy atom. The summed E-state index contributed by atoms with van der Waals surface area (Å²) in [6.45, 7) is 18.6. The predicted molar refractivity (Wildman–Crippen MR) is 132 cm³/mol. The van der Waals surface area contributed by atoms with E-state index in [9.17, 15) is 0 Å². The van der Waals surface area contributed by atoms with Crippen molar-refractivity contribution < 1.29 is 0 Å². The fourth-order valence-corrected chi connectivity index (χ4v) is 3.45. The first kappa shape index (κ1) is 22.4. The van der Waals surface area contributed by atoms with E-state index in [1.165, 1.54) is 11.1 Å². The van der Waals surface area contributed by atoms with Crippen LogP contribution in [0.5, 0.6) is 0 Å². The van der Waals surface area contributed by atoms with Gasteiger partial charge in [0.25, 0.3) is 0 Å². The van der Waals surface area contributed by atoms with E-state index in [0.717, 1.165) is 28.7 Å². The van der Waals surface area contributed by atoms with E-state index in [1.54, 1.807) is 12.2 Å². The van der Waals surface area contributed by atoms with E-state index in [2.05, 4.69) is 90.2 Å². The topological polar surface area (TPSA) is 38.7 Å². The molecule has 3 aromatic rings. The molecule has 0 radical (unpaired) electrons. The Balaban J connectivity index is 2.19. The van der Waals surface area contributed by atoms with E-state index in [0.29, 0.717) is 17.5 Å². The number of allylic oxidation sites excluding steroid dienone is 4. The number of hydrogen-bond acceptors (Lipinski definition) is 3. The Kier molecular flexibility index (Phi) is 6.65. The summed E-state index contributed by atoms with van der Waals surface area (Å²) in [5.74, 6) is 1.90. The SMILES string of the molecule is C=C/C=C(\C=C)c1nc(-c2ccc(C(C)(C)CC)cc2)nc(-c2ccc(C)cc2C)n1. The minimum atomic E-state index is 0.135. The largest absolute Gasteiger partial charge is 0.208 e. The van der Waals surface area contributed by atoms with Gasteiger partial charge in [-0.05, 0) is 36.8 Å². The molecule has 3 rings (SSSR count). The van der Waals surface area contributed by atoms with Crippen LogP contribution >= 0.6 is 0 Å². The van der Waals surface area contributed by atoms with Gasteiger partial charge in [-0.1, -0.05) is 100 Å². The van der Waals surface area contributed by atoms with Crippen molar-refractivity contribution in [3.63, 3.8) is 0 Å². The van der Waals surface area contributed by atoms with Gasteiger partial charge in [0, 0.05) is 16.7 Å². The van der Waals surface area contributed by atoms with Gasteiger partial charge in [-0.25, -0.2) is 15.0 Å². The lowest BCUT2D eigenvalue weighted by Crippen LogP contribution is -2.15. The van der Waals surface area contributed by atoms with Crippen molar-refractivity contribution in [1.82, 2.24) is 15.0 Å². The number of rotatable bonds is 7. The quantitative estimate of drug-likeness (QED) is 0.385. The van der Waals surface area contributed by atoms with Crippen molar-refractivity contribution in [3.8, 4) is 22.8 Å². The van der Waals surface area contributed by atoms with Crippen molar-refractivity contribution in [1.29, 1.82) is 0 Å². The Bertz CT molecular complexity index is 1140. The van der Waals surface area contributed by atoms with Gasteiger partial charge in [-0.2, -0.15) is 0 Å². The molecule has 0 unspecified atom stereocenters. The molecule has 0 saturated heterocycles. The smallest absolute Gasteiger partial charge is 0.164 e. The van der Waals surface area contributed by atoms with Gasteiger partial charge in [-0.3, -0.25) is 0 Å². The lowest BCUT2D eigenvalue weighted by molar-refractivity contribution is 0.506. The molecular formula is C28H31N3. The van der Waals surface area contributed by atoms with Gasteiger partial charge in [-0.15, -0.1) is 0 Å². The average molecular weight is 410 g/mol. The normalized spacial score (nSPS) is 12.0. The first-order valence-corrected chi connectivity index (χ1v) is 10.7. The number of hydrogen-bond donors (Lipinski definition) is 0. The van der Waals surface area contributed by atoms with Gasteiger partial charge in [0.05, 0.1) is 0 Å². The summed E-state index contributed by atoms with van der Waals surface area (Å²) in [6, 6.07) is 14.9. The molecule has 0 atom stereocenters. The molecule has 0 N–H and O–H groups in total. The van der Waals surface area contributed by atoms with Gasteiger partial charge in [0.1, 0.15) is 0 Å². The highest BCUT2D eigenvalue weighted by Gasteiger charge is 2.19. The van der Waals surface area contributed by atoms with Gasteiger partial charge in [0.2, 0.25) is 0 Å². The summed E-state index contributed by atoms with van der Waals surface area (Å²) in [7, 11) is 0. The number of nitrogens with zero attached hydrogens (tertiary/aromatic N) is 3. The highest BCUT2D eigenvalue weighted by molar-refractivity contribution is 5.73. The highest BCUT2D eigenvalue weighted by atomic mass is 15.0. The van der Waals surface area contributed by atoms with Crippen LogP contribution in [0.4, 0.5) is 0 Å². The molecule has 0 spiro atoms. The highest BCUT2D eigenvalue weighted by Crippen LogP contribution is 2.30. The van der Waals surface area contributed by atoms with E-state index in [-0.39, 0.29) is 5.41 Å². The first-order valence-electron chi connectivity index (χ1n) is 10.7. The lowest BCUT2D eigenvalue weighted by Gasteiger charge is -2.23. The standard InChI is InChI=1S/C28H31N3/c1-8-11-21(9-2)25-29-26(22-13-15-23(16-14-22)28(6,7)10-3)31-27(30-25)24-17-12-19(4)18-20(24)5/h8-9,11-18H,1-2,10H2,3-7H3/b21-11+. The minimum absolute atomic E-state index is 0.135. The van der Waals surface area contributed by atoms with Crippen molar-refractivity contribution in [3.05, 3.63) is 96.4 Å². The summed E-state index contributed by atoms with van der Waals surface area (Å²) >= 11 is 0. The van der Waals surface area contributed by atoms with Crippen LogP contribution in [0.15, 0.2) is 73.9 Å². The maximum atomic E-state index is 4.84. The average Bonchev–Trinajstić information content (AvgIpc) is 2.77. The fraction of sp³-hybridized carbons (Fsp3) is 0.250. The van der Waals surface area contributed by atoms with E-state index >= 15 is 0 Å². The molecule has 31 heavy (non-hydrogen) atoms. The molecule has 0 amide bonds. The minimum Gasteiger partial charge on any atom is -0.208 e. The Morgan fingerprint density at radius 3 is 2.19 bits per heavy atom. The molecule has 0 aliphatic rings. The Morgan fingerprint density at radius 1 is 0.935 bits per heavy atom. The van der Waals surface area contributed by atoms with Gasteiger partial charge in [0.15, 0.2) is 17.5 Å². The van der Waals surface area contributed by atoms with E-state index in [4.69, 9.17) is 15.0 Å². The molecule has 3 heteroatoms. The number of aromatic nitrogens is 3. The number of aryl methyl sites for hydroxylation is 2. The maximum absolute atomic E-state index is 4.84. The molecule has 0 bridgehead atoms. The monoisotopic (exact) mass is 409 g/mol. The third-order valence-corrected chi connectivity index (χ3v) is 5.84. The lowest BCUT2D eigenvalue weighted by atomic mass is 9.82. The van der Waals surface area contributed by atoms with Crippen molar-refractivity contribution in [2.24, 2.45) is 0 Å². The van der Waals surface area contributed by atoms with E-state index < -0.39 is 0 Å². The molecule has 3 nitrogen and oxygen atoms in total. The first-order chi connectivity index (χ1) is 14.8. The Labute approximate surface area is 186 Å². The van der Waals surface area contributed by atoms with Crippen molar-refractivity contribution in [2.45, 2.75) is 46.5 Å².